The van der Waals surface area contributed by atoms with Crippen LogP contribution in [0.4, 0.5) is 4.39 Å². The summed E-state index contributed by atoms with van der Waals surface area (Å²) in [6, 6.07) is 17.0. The number of nitrogens with zero attached hydrogens (tertiary/aromatic N) is 2. The summed E-state index contributed by atoms with van der Waals surface area (Å²) < 4.78 is 15.5. The lowest BCUT2D eigenvalue weighted by atomic mass is 10.2. The van der Waals surface area contributed by atoms with Crippen molar-refractivity contribution in [3.63, 3.8) is 0 Å². The Bertz CT molecular complexity index is 958. The number of amides is 1. The van der Waals surface area contributed by atoms with Gasteiger partial charge >= 0.3 is 0 Å². The zero-order valence-corrected chi connectivity index (χ0v) is 14.6. The van der Waals surface area contributed by atoms with Crippen LogP contribution in [0.3, 0.4) is 0 Å². The van der Waals surface area contributed by atoms with E-state index in [9.17, 15) is 14.4 Å². The van der Waals surface area contributed by atoms with Crippen molar-refractivity contribution in [2.24, 2.45) is 0 Å². The number of nitrogens with one attached hydrogen (secondary N) is 1. The fourth-order valence-corrected chi connectivity index (χ4v) is 2.85. The molecule has 1 N–H and O–H groups in total. The largest absolute Gasteiger partial charge is 0.347 e. The molecular formula is C19H13BrFN3O. The standard InChI is InChI=1S/C19H13BrFN3O/c20-15-2-1-3-17(10-15)24-9-8-14(11-22)18(24)19(25)23-12-13-4-6-16(21)7-5-13/h1-10H,12H2,(H,23,25). The van der Waals surface area contributed by atoms with E-state index >= 15 is 0 Å². The normalized spacial score (nSPS) is 10.3. The molecule has 0 spiro atoms. The van der Waals surface area contributed by atoms with Crippen LogP contribution in [0, 0.1) is 17.1 Å². The summed E-state index contributed by atoms with van der Waals surface area (Å²) in [5, 5.41) is 12.1. The fraction of sp³-hybridized carbons (Fsp3) is 0.0526. The van der Waals surface area contributed by atoms with E-state index in [4.69, 9.17) is 0 Å². The van der Waals surface area contributed by atoms with Crippen LogP contribution in [0.25, 0.3) is 5.69 Å². The number of carbonyl (C=O) groups is 1. The topological polar surface area (TPSA) is 57.8 Å². The van der Waals surface area contributed by atoms with Crippen LogP contribution in [-0.2, 0) is 6.54 Å². The number of benzene rings is 2. The van der Waals surface area contributed by atoms with E-state index in [0.717, 1.165) is 15.7 Å². The van der Waals surface area contributed by atoms with Gasteiger partial charge in [0.25, 0.3) is 5.91 Å². The molecule has 1 amide bonds. The number of carbonyl (C=O) groups excluding carboxylic acids is 1. The van der Waals surface area contributed by atoms with Gasteiger partial charge in [-0.15, -0.1) is 0 Å². The molecule has 0 fully saturated rings. The van der Waals surface area contributed by atoms with E-state index in [-0.39, 0.29) is 29.5 Å². The van der Waals surface area contributed by atoms with E-state index in [0.29, 0.717) is 0 Å². The molecule has 4 nitrogen and oxygen atoms in total. The van der Waals surface area contributed by atoms with Gasteiger partial charge in [0.15, 0.2) is 0 Å². The van der Waals surface area contributed by atoms with Gasteiger partial charge in [-0.3, -0.25) is 4.79 Å². The highest BCUT2D eigenvalue weighted by atomic mass is 79.9. The van der Waals surface area contributed by atoms with Gasteiger partial charge in [-0.1, -0.05) is 34.1 Å². The first kappa shape index (κ1) is 16.9. The summed E-state index contributed by atoms with van der Waals surface area (Å²) in [4.78, 5) is 12.6. The second kappa shape index (κ2) is 7.32. The van der Waals surface area contributed by atoms with Gasteiger partial charge in [-0.05, 0) is 42.0 Å². The molecule has 6 heteroatoms. The molecule has 0 aliphatic heterocycles. The molecule has 0 saturated heterocycles. The first-order valence-electron chi connectivity index (χ1n) is 7.48. The molecule has 2 aromatic carbocycles. The lowest BCUT2D eigenvalue weighted by molar-refractivity contribution is 0.0944. The molecule has 0 aliphatic carbocycles. The van der Waals surface area contributed by atoms with Crippen molar-refractivity contribution in [3.05, 3.63) is 87.9 Å². The molecule has 124 valence electrons. The number of hydrogen-bond donors (Lipinski definition) is 1. The van der Waals surface area contributed by atoms with Gasteiger partial charge in [0, 0.05) is 22.9 Å². The molecule has 25 heavy (non-hydrogen) atoms. The van der Waals surface area contributed by atoms with Crippen molar-refractivity contribution < 1.29 is 9.18 Å². The van der Waals surface area contributed by atoms with Crippen LogP contribution < -0.4 is 5.32 Å². The van der Waals surface area contributed by atoms with E-state index in [2.05, 4.69) is 21.2 Å². The third-order valence-corrected chi connectivity index (χ3v) is 4.17. The Morgan fingerprint density at radius 3 is 2.64 bits per heavy atom. The van der Waals surface area contributed by atoms with Crippen LogP contribution in [0.5, 0.6) is 0 Å². The average molecular weight is 398 g/mol. The molecule has 0 radical (unpaired) electrons. The highest BCUT2D eigenvalue weighted by Crippen LogP contribution is 2.20. The van der Waals surface area contributed by atoms with Crippen molar-refractivity contribution >= 4 is 21.8 Å². The molecule has 0 aliphatic rings. The van der Waals surface area contributed by atoms with E-state index < -0.39 is 0 Å². The van der Waals surface area contributed by atoms with Gasteiger partial charge in [0.05, 0.1) is 5.56 Å². The zero-order chi connectivity index (χ0) is 17.8. The zero-order valence-electron chi connectivity index (χ0n) is 13.0. The van der Waals surface area contributed by atoms with Crippen molar-refractivity contribution in [1.82, 2.24) is 9.88 Å². The van der Waals surface area contributed by atoms with Crippen molar-refractivity contribution in [2.45, 2.75) is 6.54 Å². The summed E-state index contributed by atoms with van der Waals surface area (Å²) in [6.45, 7) is 0.244. The smallest absolute Gasteiger partial charge is 0.269 e. The molecule has 0 atom stereocenters. The summed E-state index contributed by atoms with van der Waals surface area (Å²) in [7, 11) is 0. The highest BCUT2D eigenvalue weighted by molar-refractivity contribution is 9.10. The molecule has 1 aromatic heterocycles. The number of hydrogen-bond acceptors (Lipinski definition) is 2. The average Bonchev–Trinajstić information content (AvgIpc) is 3.05. The van der Waals surface area contributed by atoms with Crippen molar-refractivity contribution in [1.29, 1.82) is 5.26 Å². The van der Waals surface area contributed by atoms with E-state index in [1.165, 1.54) is 12.1 Å². The number of rotatable bonds is 4. The summed E-state index contributed by atoms with van der Waals surface area (Å²) in [5.74, 6) is -0.698. The maximum Gasteiger partial charge on any atom is 0.269 e. The Morgan fingerprint density at radius 2 is 1.96 bits per heavy atom. The summed E-state index contributed by atoms with van der Waals surface area (Å²) in [6.07, 6.45) is 1.69. The minimum Gasteiger partial charge on any atom is -0.347 e. The number of halogens is 2. The van der Waals surface area contributed by atoms with Crippen LogP contribution in [0.15, 0.2) is 65.3 Å². The minimum absolute atomic E-state index is 0.244. The second-order valence-corrected chi connectivity index (χ2v) is 6.26. The monoisotopic (exact) mass is 397 g/mol. The maximum absolute atomic E-state index is 13.0. The SMILES string of the molecule is N#Cc1ccn(-c2cccc(Br)c2)c1C(=O)NCc1ccc(F)cc1. The third-order valence-electron chi connectivity index (χ3n) is 3.67. The Labute approximate surface area is 152 Å². The molecule has 3 aromatic rings. The van der Waals surface area contributed by atoms with Crippen molar-refractivity contribution in [2.75, 3.05) is 0 Å². The molecule has 0 bridgehead atoms. The maximum atomic E-state index is 13.0. The lowest BCUT2D eigenvalue weighted by Gasteiger charge is -2.11. The summed E-state index contributed by atoms with van der Waals surface area (Å²) >= 11 is 3.40. The Balaban J connectivity index is 1.88. The molecule has 1 heterocycles. The number of aromatic nitrogens is 1. The van der Waals surface area contributed by atoms with Gasteiger partial charge < -0.3 is 9.88 Å². The van der Waals surface area contributed by atoms with E-state index in [1.807, 2.05) is 30.3 Å². The molecule has 3 rings (SSSR count). The quantitative estimate of drug-likeness (QED) is 0.717. The van der Waals surface area contributed by atoms with Gasteiger partial charge in [0.1, 0.15) is 17.6 Å². The van der Waals surface area contributed by atoms with Crippen LogP contribution in [-0.4, -0.2) is 10.5 Å². The third kappa shape index (κ3) is 3.78. The van der Waals surface area contributed by atoms with Gasteiger partial charge in [-0.25, -0.2) is 4.39 Å². The Morgan fingerprint density at radius 1 is 1.20 bits per heavy atom. The number of nitriles is 1. The predicted octanol–water partition coefficient (Wildman–Crippen LogP) is 4.18. The summed E-state index contributed by atoms with van der Waals surface area (Å²) in [5.41, 5.74) is 2.09. The Hall–Kier alpha value is -2.91. The first-order chi connectivity index (χ1) is 12.1. The van der Waals surface area contributed by atoms with Crippen molar-refractivity contribution in [3.8, 4) is 11.8 Å². The molecular weight excluding hydrogens is 385 g/mol. The van der Waals surface area contributed by atoms with Crippen LogP contribution in [0.2, 0.25) is 0 Å². The Kier molecular flexibility index (Phi) is 4.96. The highest BCUT2D eigenvalue weighted by Gasteiger charge is 2.18. The van der Waals surface area contributed by atoms with Gasteiger partial charge in [-0.2, -0.15) is 5.26 Å². The molecule has 0 saturated carbocycles. The van der Waals surface area contributed by atoms with Crippen LogP contribution >= 0.6 is 15.9 Å². The van der Waals surface area contributed by atoms with Crippen LogP contribution in [0.1, 0.15) is 21.6 Å². The second-order valence-electron chi connectivity index (χ2n) is 5.35. The predicted molar refractivity (Wildman–Crippen MR) is 95.8 cm³/mol. The van der Waals surface area contributed by atoms with Gasteiger partial charge in [0.2, 0.25) is 0 Å². The van der Waals surface area contributed by atoms with E-state index in [1.54, 1.807) is 29.0 Å². The lowest BCUT2D eigenvalue weighted by Crippen LogP contribution is -2.26. The first-order valence-corrected chi connectivity index (χ1v) is 8.28. The molecule has 0 unspecified atom stereocenters. The fourth-order valence-electron chi connectivity index (χ4n) is 2.46. The minimum atomic E-state index is -0.370.